The zero-order valence-corrected chi connectivity index (χ0v) is 14.8. The maximum Gasteiger partial charge on any atom is 0.0526 e. The largest absolute Gasteiger partial charge is 0.261 e. The average molecular weight is 328 g/mol. The van der Waals surface area contributed by atoms with E-state index >= 15 is 0 Å². The Hall–Kier alpha value is -2.48. The molecule has 0 amide bonds. The number of aromatic nitrogens is 2. The van der Waals surface area contributed by atoms with Crippen LogP contribution in [-0.4, -0.2) is 9.97 Å². The molecule has 3 aromatic rings. The van der Waals surface area contributed by atoms with Gasteiger partial charge in [-0.3, -0.25) is 9.97 Å². The molecular weight excluding hydrogens is 304 g/mol. The highest BCUT2D eigenvalue weighted by molar-refractivity contribution is 5.68. The standard InChI is InChI=1S/C23H24N2/c1-2-22-20(9-5-13-24-22)21-10-6-14-25-23(21)16-17-11-12-18-7-3-4-8-19(18)15-17/h5-6,9-15H,2-4,7-8,16H2,1H3. The first-order valence-electron chi connectivity index (χ1n) is 9.34. The lowest BCUT2D eigenvalue weighted by Crippen LogP contribution is -2.04. The van der Waals surface area contributed by atoms with E-state index in [1.807, 2.05) is 24.5 Å². The van der Waals surface area contributed by atoms with Crippen LogP contribution in [0.5, 0.6) is 0 Å². The highest BCUT2D eigenvalue weighted by Crippen LogP contribution is 2.28. The molecule has 126 valence electrons. The van der Waals surface area contributed by atoms with Crippen molar-refractivity contribution in [2.45, 2.75) is 45.4 Å². The van der Waals surface area contributed by atoms with Crippen molar-refractivity contribution in [1.29, 1.82) is 0 Å². The minimum absolute atomic E-state index is 0.876. The number of benzene rings is 1. The minimum atomic E-state index is 0.876. The molecule has 2 aromatic heterocycles. The third kappa shape index (κ3) is 3.34. The number of fused-ring (bicyclic) bond motifs is 1. The van der Waals surface area contributed by atoms with Crippen LogP contribution >= 0.6 is 0 Å². The van der Waals surface area contributed by atoms with Crippen molar-refractivity contribution in [1.82, 2.24) is 9.97 Å². The van der Waals surface area contributed by atoms with Crippen molar-refractivity contribution in [3.63, 3.8) is 0 Å². The summed E-state index contributed by atoms with van der Waals surface area (Å²) in [7, 11) is 0. The van der Waals surface area contributed by atoms with Crippen LogP contribution in [0.1, 0.15) is 47.8 Å². The van der Waals surface area contributed by atoms with Crippen molar-refractivity contribution in [2.24, 2.45) is 0 Å². The summed E-state index contributed by atoms with van der Waals surface area (Å²) in [6, 6.07) is 15.4. The van der Waals surface area contributed by atoms with E-state index in [0.29, 0.717) is 0 Å². The molecule has 0 N–H and O–H groups in total. The van der Waals surface area contributed by atoms with E-state index in [4.69, 9.17) is 4.98 Å². The predicted octanol–water partition coefficient (Wildman–Crippen LogP) is 5.18. The van der Waals surface area contributed by atoms with Crippen molar-refractivity contribution in [3.8, 4) is 11.1 Å². The van der Waals surface area contributed by atoms with Gasteiger partial charge in [0.2, 0.25) is 0 Å². The summed E-state index contributed by atoms with van der Waals surface area (Å²) in [5.74, 6) is 0. The second-order valence-corrected chi connectivity index (χ2v) is 6.84. The van der Waals surface area contributed by atoms with E-state index in [9.17, 15) is 0 Å². The molecule has 1 aliphatic rings. The predicted molar refractivity (Wildman–Crippen MR) is 103 cm³/mol. The molecule has 25 heavy (non-hydrogen) atoms. The molecule has 0 fully saturated rings. The SMILES string of the molecule is CCc1ncccc1-c1cccnc1Cc1ccc2c(c1)CCCC2. The number of aryl methyl sites for hydroxylation is 3. The quantitative estimate of drug-likeness (QED) is 0.660. The highest BCUT2D eigenvalue weighted by Gasteiger charge is 2.13. The van der Waals surface area contributed by atoms with Crippen molar-refractivity contribution < 1.29 is 0 Å². The summed E-state index contributed by atoms with van der Waals surface area (Å²) in [4.78, 5) is 9.26. The van der Waals surface area contributed by atoms with Crippen molar-refractivity contribution in [3.05, 3.63) is 82.9 Å². The monoisotopic (exact) mass is 328 g/mol. The van der Waals surface area contributed by atoms with Crippen LogP contribution in [0.2, 0.25) is 0 Å². The fourth-order valence-corrected chi connectivity index (χ4v) is 3.88. The van der Waals surface area contributed by atoms with Gasteiger partial charge in [0.15, 0.2) is 0 Å². The second kappa shape index (κ2) is 7.18. The van der Waals surface area contributed by atoms with Gasteiger partial charge in [0.05, 0.1) is 5.69 Å². The molecule has 0 unspecified atom stereocenters. The van der Waals surface area contributed by atoms with Gasteiger partial charge in [0, 0.05) is 35.6 Å². The van der Waals surface area contributed by atoms with E-state index in [2.05, 4.69) is 42.2 Å². The van der Waals surface area contributed by atoms with E-state index < -0.39 is 0 Å². The zero-order chi connectivity index (χ0) is 17.1. The van der Waals surface area contributed by atoms with Gasteiger partial charge in [-0.25, -0.2) is 0 Å². The number of rotatable bonds is 4. The van der Waals surface area contributed by atoms with Gasteiger partial charge in [-0.05, 0) is 60.9 Å². The molecule has 0 saturated carbocycles. The van der Waals surface area contributed by atoms with Crippen LogP contribution in [0, 0.1) is 0 Å². The summed E-state index contributed by atoms with van der Waals surface area (Å²) in [6.07, 6.45) is 10.7. The lowest BCUT2D eigenvalue weighted by molar-refractivity contribution is 0.684. The average Bonchev–Trinajstić information content (AvgIpc) is 2.68. The molecule has 0 spiro atoms. The molecule has 2 nitrogen and oxygen atoms in total. The smallest absolute Gasteiger partial charge is 0.0526 e. The summed E-state index contributed by atoms with van der Waals surface area (Å²) >= 11 is 0. The van der Waals surface area contributed by atoms with E-state index in [1.165, 1.54) is 53.5 Å². The van der Waals surface area contributed by atoms with E-state index in [1.54, 1.807) is 0 Å². The molecule has 2 heterocycles. The van der Waals surface area contributed by atoms with Gasteiger partial charge in [0.25, 0.3) is 0 Å². The van der Waals surface area contributed by atoms with Gasteiger partial charge in [-0.1, -0.05) is 37.3 Å². The topological polar surface area (TPSA) is 25.8 Å². The first kappa shape index (κ1) is 16.0. The van der Waals surface area contributed by atoms with Crippen molar-refractivity contribution >= 4 is 0 Å². The van der Waals surface area contributed by atoms with Crippen LogP contribution in [0.25, 0.3) is 11.1 Å². The molecule has 0 bridgehead atoms. The minimum Gasteiger partial charge on any atom is -0.261 e. The molecule has 1 aromatic carbocycles. The van der Waals surface area contributed by atoms with Crippen LogP contribution in [0.4, 0.5) is 0 Å². The summed E-state index contributed by atoms with van der Waals surface area (Å²) in [6.45, 7) is 2.16. The molecule has 0 saturated heterocycles. The van der Waals surface area contributed by atoms with Crippen LogP contribution in [0.15, 0.2) is 54.9 Å². The fraction of sp³-hybridized carbons (Fsp3) is 0.304. The van der Waals surface area contributed by atoms with E-state index in [0.717, 1.165) is 24.2 Å². The Kier molecular flexibility index (Phi) is 4.60. The van der Waals surface area contributed by atoms with Crippen LogP contribution in [-0.2, 0) is 25.7 Å². The molecule has 2 heteroatoms. The van der Waals surface area contributed by atoms with Gasteiger partial charge in [-0.2, -0.15) is 0 Å². The number of hydrogen-bond acceptors (Lipinski definition) is 2. The van der Waals surface area contributed by atoms with Crippen LogP contribution < -0.4 is 0 Å². The number of pyridine rings is 2. The number of nitrogens with zero attached hydrogens (tertiary/aromatic N) is 2. The fourth-order valence-electron chi connectivity index (χ4n) is 3.88. The second-order valence-electron chi connectivity index (χ2n) is 6.84. The van der Waals surface area contributed by atoms with Gasteiger partial charge in [-0.15, -0.1) is 0 Å². The Morgan fingerprint density at radius 1 is 0.800 bits per heavy atom. The van der Waals surface area contributed by atoms with E-state index in [-0.39, 0.29) is 0 Å². The molecule has 0 atom stereocenters. The molecule has 0 aliphatic heterocycles. The van der Waals surface area contributed by atoms with Crippen molar-refractivity contribution in [2.75, 3.05) is 0 Å². The maximum atomic E-state index is 4.71. The third-order valence-corrected chi connectivity index (χ3v) is 5.19. The van der Waals surface area contributed by atoms with Crippen LogP contribution in [0.3, 0.4) is 0 Å². The number of hydrogen-bond donors (Lipinski definition) is 0. The molecule has 1 aliphatic carbocycles. The lowest BCUT2D eigenvalue weighted by Gasteiger charge is -2.17. The zero-order valence-electron chi connectivity index (χ0n) is 14.8. The Morgan fingerprint density at radius 3 is 2.24 bits per heavy atom. The normalized spacial score (nSPS) is 13.5. The Balaban J connectivity index is 1.70. The molecule has 4 rings (SSSR count). The summed E-state index contributed by atoms with van der Waals surface area (Å²) in [5.41, 5.74) is 9.15. The first-order valence-corrected chi connectivity index (χ1v) is 9.34. The van der Waals surface area contributed by atoms with Gasteiger partial charge in [0.1, 0.15) is 0 Å². The Labute approximate surface area is 150 Å². The lowest BCUT2D eigenvalue weighted by atomic mass is 9.89. The third-order valence-electron chi connectivity index (χ3n) is 5.19. The summed E-state index contributed by atoms with van der Waals surface area (Å²) < 4.78 is 0. The highest BCUT2D eigenvalue weighted by atomic mass is 14.7. The molecular formula is C23H24N2. The Morgan fingerprint density at radius 2 is 1.48 bits per heavy atom. The maximum absolute atomic E-state index is 4.71. The Bertz CT molecular complexity index is 883. The summed E-state index contributed by atoms with van der Waals surface area (Å²) in [5, 5.41) is 0. The first-order chi connectivity index (χ1) is 12.3. The molecule has 0 radical (unpaired) electrons. The van der Waals surface area contributed by atoms with Gasteiger partial charge >= 0.3 is 0 Å². The van der Waals surface area contributed by atoms with Gasteiger partial charge < -0.3 is 0 Å².